The van der Waals surface area contributed by atoms with Crippen molar-refractivity contribution in [3.05, 3.63) is 42.5 Å². The quantitative estimate of drug-likeness (QED) is 0.273. The second-order valence-corrected chi connectivity index (χ2v) is 4.14. The Morgan fingerprint density at radius 1 is 1.11 bits per heavy atom. The molecule has 1 rings (SSSR count). The molecule has 0 radical (unpaired) electrons. The molecule has 0 aliphatic rings. The fourth-order valence-electron chi connectivity index (χ4n) is 1.58. The lowest BCUT2D eigenvalue weighted by molar-refractivity contribution is 0.426. The molecule has 0 bridgehead atoms. The van der Waals surface area contributed by atoms with Gasteiger partial charge in [-0.15, -0.1) is 6.58 Å². The van der Waals surface area contributed by atoms with Gasteiger partial charge in [0.15, 0.2) is 0 Å². The van der Waals surface area contributed by atoms with Gasteiger partial charge < -0.3 is 20.7 Å². The van der Waals surface area contributed by atoms with Crippen LogP contribution >= 0.6 is 0 Å². The third-order valence-electron chi connectivity index (χ3n) is 2.60. The predicted octanol–water partition coefficient (Wildman–Crippen LogP) is -0.378. The molecule has 0 amide bonds. The van der Waals surface area contributed by atoms with Crippen molar-refractivity contribution in [1.29, 1.82) is 0 Å². The monoisotopic (exact) mass is 248 g/mol. The summed E-state index contributed by atoms with van der Waals surface area (Å²) < 4.78 is 0. The summed E-state index contributed by atoms with van der Waals surface area (Å²) in [5.41, 5.74) is 1.66. The normalized spacial score (nSPS) is 10.3. The van der Waals surface area contributed by atoms with E-state index in [1.54, 1.807) is 12.1 Å². The van der Waals surface area contributed by atoms with Crippen LogP contribution in [0.15, 0.2) is 36.9 Å². The number of rotatable bonds is 9. The molecule has 0 saturated carbocycles. The number of hydrogen-bond donors (Lipinski definition) is 4. The second kappa shape index (κ2) is 8.88. The first kappa shape index (κ1) is 14.9. The van der Waals surface area contributed by atoms with Gasteiger partial charge in [0.2, 0.25) is 0 Å². The van der Waals surface area contributed by atoms with Gasteiger partial charge in [-0.2, -0.15) is 0 Å². The van der Waals surface area contributed by atoms with E-state index < -0.39 is 7.12 Å². The second-order valence-electron chi connectivity index (χ2n) is 4.14. The molecule has 4 N–H and O–H groups in total. The Bertz CT molecular complexity index is 341. The molecule has 0 saturated heterocycles. The van der Waals surface area contributed by atoms with E-state index in [0.717, 1.165) is 38.2 Å². The summed E-state index contributed by atoms with van der Waals surface area (Å²) in [6.45, 7) is 7.22. The maximum absolute atomic E-state index is 8.96. The SMILES string of the molecule is C=CCNCCCNCc1ccc(B(O)O)cc1. The van der Waals surface area contributed by atoms with Gasteiger partial charge in [0.1, 0.15) is 0 Å². The Labute approximate surface area is 109 Å². The van der Waals surface area contributed by atoms with E-state index >= 15 is 0 Å². The molecule has 0 unspecified atom stereocenters. The van der Waals surface area contributed by atoms with Crippen LogP contribution in [-0.2, 0) is 6.54 Å². The van der Waals surface area contributed by atoms with E-state index in [9.17, 15) is 0 Å². The maximum atomic E-state index is 8.96. The fraction of sp³-hybridized carbons (Fsp3) is 0.385. The number of hydrogen-bond acceptors (Lipinski definition) is 4. The summed E-state index contributed by atoms with van der Waals surface area (Å²) in [5, 5.41) is 24.5. The first-order valence-corrected chi connectivity index (χ1v) is 6.21. The molecule has 0 fully saturated rings. The molecule has 0 atom stereocenters. The molecule has 5 heteroatoms. The highest BCUT2D eigenvalue weighted by atomic mass is 16.4. The van der Waals surface area contributed by atoms with Crippen molar-refractivity contribution < 1.29 is 10.0 Å². The first-order chi connectivity index (χ1) is 8.74. The third-order valence-corrected chi connectivity index (χ3v) is 2.60. The zero-order chi connectivity index (χ0) is 13.2. The minimum atomic E-state index is -1.39. The molecule has 1 aromatic carbocycles. The van der Waals surface area contributed by atoms with Crippen LogP contribution in [-0.4, -0.2) is 36.8 Å². The van der Waals surface area contributed by atoms with Crippen molar-refractivity contribution >= 4 is 12.6 Å². The lowest BCUT2D eigenvalue weighted by Gasteiger charge is -2.06. The Balaban J connectivity index is 2.13. The highest BCUT2D eigenvalue weighted by molar-refractivity contribution is 6.58. The van der Waals surface area contributed by atoms with E-state index in [-0.39, 0.29) is 0 Å². The Morgan fingerprint density at radius 3 is 2.39 bits per heavy atom. The van der Waals surface area contributed by atoms with Gasteiger partial charge in [0.25, 0.3) is 0 Å². The van der Waals surface area contributed by atoms with Crippen LogP contribution in [0, 0.1) is 0 Å². The van der Waals surface area contributed by atoms with Crippen molar-refractivity contribution in [2.24, 2.45) is 0 Å². The van der Waals surface area contributed by atoms with Gasteiger partial charge in [-0.25, -0.2) is 0 Å². The van der Waals surface area contributed by atoms with Crippen molar-refractivity contribution in [2.75, 3.05) is 19.6 Å². The van der Waals surface area contributed by atoms with Gasteiger partial charge in [-0.3, -0.25) is 0 Å². The minimum Gasteiger partial charge on any atom is -0.423 e. The van der Waals surface area contributed by atoms with Crippen LogP contribution < -0.4 is 16.1 Å². The Morgan fingerprint density at radius 2 is 1.78 bits per heavy atom. The molecule has 0 aliphatic heterocycles. The van der Waals surface area contributed by atoms with Crippen molar-refractivity contribution in [2.45, 2.75) is 13.0 Å². The molecule has 1 aromatic rings. The molecular formula is C13H21BN2O2. The van der Waals surface area contributed by atoms with E-state index in [4.69, 9.17) is 10.0 Å². The molecule has 0 aromatic heterocycles. The first-order valence-electron chi connectivity index (χ1n) is 6.21. The van der Waals surface area contributed by atoms with Crippen molar-refractivity contribution in [3.8, 4) is 0 Å². The summed E-state index contributed by atoms with van der Waals surface area (Å²) in [6, 6.07) is 7.26. The maximum Gasteiger partial charge on any atom is 0.488 e. The summed E-state index contributed by atoms with van der Waals surface area (Å²) in [6.07, 6.45) is 2.92. The van der Waals surface area contributed by atoms with E-state index in [1.807, 2.05) is 18.2 Å². The lowest BCUT2D eigenvalue weighted by atomic mass is 9.80. The van der Waals surface area contributed by atoms with Crippen LogP contribution in [0.4, 0.5) is 0 Å². The fourth-order valence-corrected chi connectivity index (χ4v) is 1.58. The standard InChI is InChI=1S/C13H21BN2O2/c1-2-8-15-9-3-10-16-11-12-4-6-13(7-5-12)14(17)18/h2,4-7,15-18H,1,3,8-11H2. The average molecular weight is 248 g/mol. The van der Waals surface area contributed by atoms with Crippen LogP contribution in [0.5, 0.6) is 0 Å². The topological polar surface area (TPSA) is 64.5 Å². The van der Waals surface area contributed by atoms with Crippen LogP contribution in [0.3, 0.4) is 0 Å². The molecule has 98 valence electrons. The average Bonchev–Trinajstić information content (AvgIpc) is 2.38. The molecule has 0 aliphatic carbocycles. The highest BCUT2D eigenvalue weighted by Crippen LogP contribution is 1.96. The Hall–Kier alpha value is -1.14. The number of nitrogens with one attached hydrogen (secondary N) is 2. The largest absolute Gasteiger partial charge is 0.488 e. The van der Waals surface area contributed by atoms with Crippen molar-refractivity contribution in [3.63, 3.8) is 0 Å². The third kappa shape index (κ3) is 5.98. The van der Waals surface area contributed by atoms with Gasteiger partial charge >= 0.3 is 7.12 Å². The summed E-state index contributed by atoms with van der Waals surface area (Å²) in [7, 11) is -1.39. The van der Waals surface area contributed by atoms with Crippen LogP contribution in [0.1, 0.15) is 12.0 Å². The highest BCUT2D eigenvalue weighted by Gasteiger charge is 2.09. The summed E-state index contributed by atoms with van der Waals surface area (Å²) >= 11 is 0. The number of benzene rings is 1. The zero-order valence-electron chi connectivity index (χ0n) is 10.6. The van der Waals surface area contributed by atoms with Gasteiger partial charge in [-0.05, 0) is 30.5 Å². The summed E-state index contributed by atoms with van der Waals surface area (Å²) in [5.74, 6) is 0. The minimum absolute atomic E-state index is 0.521. The smallest absolute Gasteiger partial charge is 0.423 e. The van der Waals surface area contributed by atoms with Crippen LogP contribution in [0.25, 0.3) is 0 Å². The van der Waals surface area contributed by atoms with E-state index in [1.165, 1.54) is 0 Å². The van der Waals surface area contributed by atoms with Gasteiger partial charge in [-0.1, -0.05) is 30.3 Å². The van der Waals surface area contributed by atoms with Gasteiger partial charge in [0, 0.05) is 13.1 Å². The Kier molecular flexibility index (Phi) is 7.37. The molecule has 18 heavy (non-hydrogen) atoms. The lowest BCUT2D eigenvalue weighted by Crippen LogP contribution is -2.29. The van der Waals surface area contributed by atoms with Crippen LogP contribution in [0.2, 0.25) is 0 Å². The molecular weight excluding hydrogens is 227 g/mol. The van der Waals surface area contributed by atoms with Crippen molar-refractivity contribution in [1.82, 2.24) is 10.6 Å². The zero-order valence-corrected chi connectivity index (χ0v) is 10.6. The molecule has 0 heterocycles. The predicted molar refractivity (Wildman–Crippen MR) is 75.7 cm³/mol. The summed E-state index contributed by atoms with van der Waals surface area (Å²) in [4.78, 5) is 0. The van der Waals surface area contributed by atoms with E-state index in [2.05, 4.69) is 17.2 Å². The molecule has 4 nitrogen and oxygen atoms in total. The van der Waals surface area contributed by atoms with E-state index in [0.29, 0.717) is 5.46 Å². The molecule has 0 spiro atoms. The van der Waals surface area contributed by atoms with Gasteiger partial charge in [0.05, 0.1) is 0 Å².